The van der Waals surface area contributed by atoms with Crippen molar-refractivity contribution in [2.75, 3.05) is 0 Å². The molecule has 0 aromatic carbocycles. The minimum absolute atomic E-state index is 0.869. The van der Waals surface area contributed by atoms with E-state index in [-0.39, 0.29) is 0 Å². The lowest BCUT2D eigenvalue weighted by molar-refractivity contribution is 0.895. The molecule has 0 unspecified atom stereocenters. The zero-order valence-electron chi connectivity index (χ0n) is 2.21. The highest BCUT2D eigenvalue weighted by molar-refractivity contribution is 14.3. The molecule has 0 amide bonds. The summed E-state index contributed by atoms with van der Waals surface area (Å²) in [5.74, 6) is 0. The monoisotopic (exact) mass is 299 g/mol. The maximum absolute atomic E-state index is 11.3. The minimum Gasteiger partial charge on any atom is -0.303 e. The molecule has 0 aliphatic heterocycles. The van der Waals surface area contributed by atoms with Gasteiger partial charge in [-0.15, -0.1) is 0 Å². The van der Waals surface area contributed by atoms with Crippen LogP contribution in [0.1, 0.15) is 0 Å². The summed E-state index contributed by atoms with van der Waals surface area (Å²) in [6, 6.07) is 0. The van der Waals surface area contributed by atoms with Gasteiger partial charge in [0.2, 0.25) is 0 Å². The van der Waals surface area contributed by atoms with Gasteiger partial charge in [0.25, 0.3) is 0 Å². The standard InChI is InChI=1S/BFHI2N/c2-1(3)4-5/h5H. The topological polar surface area (TPSA) is 23.9 Å². The molecule has 0 radical (unpaired) electrons. The van der Waals surface area contributed by atoms with E-state index in [4.69, 9.17) is 3.56 Å². The van der Waals surface area contributed by atoms with Crippen LogP contribution in [0.5, 0.6) is 0 Å². The Morgan fingerprint density at radius 3 is 2.20 bits per heavy atom. The van der Waals surface area contributed by atoms with Gasteiger partial charge < -0.3 is 4.32 Å². The smallest absolute Gasteiger partial charge is 0.303 e. The van der Waals surface area contributed by atoms with Crippen molar-refractivity contribution in [3.8, 4) is 0 Å². The molecule has 0 aliphatic rings. The SMILES string of the molecule is N=IB(F)I. The van der Waals surface area contributed by atoms with Crippen molar-refractivity contribution in [3.05, 3.63) is 0 Å². The van der Waals surface area contributed by atoms with Crippen molar-refractivity contribution in [2.45, 2.75) is 0 Å². The lowest BCUT2D eigenvalue weighted by atomic mass is 10.7. The summed E-state index contributed by atoms with van der Waals surface area (Å²) < 4.78 is 16.8. The summed E-state index contributed by atoms with van der Waals surface area (Å²) in [6.07, 6.45) is 0. The van der Waals surface area contributed by atoms with Gasteiger partial charge >= 0.3 is 2.70 Å². The summed E-state index contributed by atoms with van der Waals surface area (Å²) >= 11 is 0.719. The first-order valence-corrected chi connectivity index (χ1v) is 4.41. The molecule has 0 rings (SSSR count). The van der Waals surface area contributed by atoms with Crippen LogP contribution in [-0.2, 0) is 0 Å². The molecule has 5 heavy (non-hydrogen) atoms. The molecule has 0 aromatic heterocycles. The van der Waals surface area contributed by atoms with Crippen LogP contribution < -0.4 is 0 Å². The van der Waals surface area contributed by atoms with Crippen LogP contribution in [-0.4, -0.2) is 2.70 Å². The van der Waals surface area contributed by atoms with E-state index < -0.39 is 23.5 Å². The van der Waals surface area contributed by atoms with Crippen LogP contribution in [0.25, 0.3) is 0 Å². The van der Waals surface area contributed by atoms with Crippen LogP contribution in [0, 0.1) is 3.56 Å². The summed E-state index contributed by atoms with van der Waals surface area (Å²) in [4.78, 5) is 0. The van der Waals surface area contributed by atoms with Gasteiger partial charge in [0.05, 0.1) is 0 Å². The van der Waals surface area contributed by atoms with Crippen molar-refractivity contribution in [3.63, 3.8) is 0 Å². The Morgan fingerprint density at radius 1 is 2.00 bits per heavy atom. The van der Waals surface area contributed by atoms with Gasteiger partial charge in [0, 0.05) is 0 Å². The zero-order chi connectivity index (χ0) is 4.28. The van der Waals surface area contributed by atoms with Crippen molar-refractivity contribution in [1.82, 2.24) is 0 Å². The van der Waals surface area contributed by atoms with E-state index in [0.29, 0.717) is 0 Å². The van der Waals surface area contributed by atoms with E-state index in [9.17, 15) is 4.32 Å². The normalized spacial score (nSPS) is 7.60. The van der Waals surface area contributed by atoms with E-state index in [1.807, 2.05) is 0 Å². The largest absolute Gasteiger partial charge is 0.495 e. The Morgan fingerprint density at radius 2 is 2.20 bits per heavy atom. The Balaban J connectivity index is 2.83. The Bertz CT molecular complexity index is 36.6. The Hall–Kier alpha value is 1.25. The number of rotatable bonds is 1. The highest BCUT2D eigenvalue weighted by Gasteiger charge is 1.98. The second-order valence-corrected chi connectivity index (χ2v) is 5.55. The summed E-state index contributed by atoms with van der Waals surface area (Å²) in [5.41, 5.74) is 0. The van der Waals surface area contributed by atoms with E-state index in [2.05, 4.69) is 0 Å². The fraction of sp³-hybridized carbons (Fsp3) is 0. The summed E-state index contributed by atoms with van der Waals surface area (Å²) in [7, 11) is 0. The molecule has 0 fully saturated rings. The molecule has 0 saturated carbocycles. The zero-order valence-corrected chi connectivity index (χ0v) is 6.53. The molecule has 0 saturated heterocycles. The summed E-state index contributed by atoms with van der Waals surface area (Å²) in [6.45, 7) is 0. The second kappa shape index (κ2) is 3.45. The third-order valence-corrected chi connectivity index (χ3v) is 2.13. The van der Waals surface area contributed by atoms with E-state index in [1.165, 1.54) is 0 Å². The van der Waals surface area contributed by atoms with Gasteiger partial charge in [-0.3, -0.25) is 3.56 Å². The van der Waals surface area contributed by atoms with Gasteiger partial charge in [-0.25, -0.2) is 0 Å². The van der Waals surface area contributed by atoms with Gasteiger partial charge in [-0.2, -0.15) is 0 Å². The predicted octanol–water partition coefficient (Wildman–Crippen LogP) is 2.11. The minimum atomic E-state index is -0.882. The molecular weight excluding hydrogens is 298 g/mol. The number of nitrogens with one attached hydrogen (secondary N) is 1. The fourth-order valence-electron chi connectivity index (χ4n) is 0. The number of halogens is 3. The first-order valence-electron chi connectivity index (χ1n) is 0.844. The lowest BCUT2D eigenvalue weighted by Gasteiger charge is -1.66. The average Bonchev–Trinajstić information content (AvgIpc) is 1.38. The molecular formula is HBFI2N. The number of hydrogen-bond donors (Lipinski definition) is 1. The molecule has 1 N–H and O–H groups in total. The molecule has 0 spiro atoms. The molecule has 5 heteroatoms. The van der Waals surface area contributed by atoms with Gasteiger partial charge in [-0.1, -0.05) is 22.4 Å². The average molecular weight is 299 g/mol. The molecule has 0 aromatic rings. The van der Waals surface area contributed by atoms with Crippen molar-refractivity contribution in [2.24, 2.45) is 0 Å². The van der Waals surface area contributed by atoms with Crippen molar-refractivity contribution < 1.29 is 4.32 Å². The van der Waals surface area contributed by atoms with E-state index >= 15 is 0 Å². The van der Waals surface area contributed by atoms with Gasteiger partial charge in [0.15, 0.2) is 0 Å². The molecule has 1 nitrogen and oxygen atoms in total. The molecule has 0 bridgehead atoms. The molecule has 0 heterocycles. The molecule has 0 aliphatic carbocycles. The van der Waals surface area contributed by atoms with Crippen LogP contribution in [0.15, 0.2) is 0 Å². The van der Waals surface area contributed by atoms with E-state index in [1.54, 1.807) is 22.4 Å². The maximum Gasteiger partial charge on any atom is 0.495 e. The highest BCUT2D eigenvalue weighted by Crippen LogP contribution is 2.09. The van der Waals surface area contributed by atoms with E-state index in [0.717, 1.165) is 0 Å². The molecule has 0 atom stereocenters. The quantitative estimate of drug-likeness (QED) is 0.566. The Kier molecular flexibility index (Phi) is 4.31. The third kappa shape index (κ3) is 5.25. The van der Waals surface area contributed by atoms with Crippen molar-refractivity contribution >= 4 is 45.9 Å². The molecule has 30 valence electrons. The van der Waals surface area contributed by atoms with Crippen LogP contribution in [0.2, 0.25) is 0 Å². The van der Waals surface area contributed by atoms with Crippen LogP contribution >= 0.6 is 43.2 Å². The fourth-order valence-corrected chi connectivity index (χ4v) is 0. The summed E-state index contributed by atoms with van der Waals surface area (Å²) in [5, 5.41) is 0. The van der Waals surface area contributed by atoms with Gasteiger partial charge in [-0.05, 0) is 20.8 Å². The second-order valence-electron chi connectivity index (χ2n) is 0.357. The van der Waals surface area contributed by atoms with Gasteiger partial charge in [0.1, 0.15) is 0 Å². The number of hydrogen-bond acceptors (Lipinski definition) is 1. The Labute approximate surface area is 53.4 Å². The first kappa shape index (κ1) is 6.25. The predicted molar refractivity (Wildman–Crippen MR) is 37.6 cm³/mol. The van der Waals surface area contributed by atoms with Crippen LogP contribution in [0.3, 0.4) is 0 Å². The first-order chi connectivity index (χ1) is 2.27. The third-order valence-electron chi connectivity index (χ3n) is 0.0825. The highest BCUT2D eigenvalue weighted by atomic mass is 127. The van der Waals surface area contributed by atoms with Crippen molar-refractivity contribution in [1.29, 1.82) is 3.56 Å². The maximum atomic E-state index is 11.3. The van der Waals surface area contributed by atoms with Crippen LogP contribution in [0.4, 0.5) is 4.32 Å². The lowest BCUT2D eigenvalue weighted by Crippen LogP contribution is -1.68.